The molecule has 1 aliphatic heterocycles. The van der Waals surface area contributed by atoms with Crippen LogP contribution in [0.2, 0.25) is 0 Å². The molecule has 0 bridgehead atoms. The van der Waals surface area contributed by atoms with Crippen LogP contribution in [-0.4, -0.2) is 43.3 Å². The maximum atomic E-state index is 14.0. The third kappa shape index (κ3) is 2.09. The van der Waals surface area contributed by atoms with Crippen molar-refractivity contribution in [3.05, 3.63) is 23.2 Å². The lowest BCUT2D eigenvalue weighted by Gasteiger charge is -2.70. The van der Waals surface area contributed by atoms with Gasteiger partial charge in [-0.05, 0) is 42.7 Å². The van der Waals surface area contributed by atoms with Crippen molar-refractivity contribution < 1.29 is 28.9 Å². The number of aliphatic hydroxyl groups is 1. The van der Waals surface area contributed by atoms with E-state index in [4.69, 9.17) is 14.2 Å². The molecule has 0 aromatic rings. The summed E-state index contributed by atoms with van der Waals surface area (Å²) in [6.45, 7) is 9.87. The Hall–Kier alpha value is -1.66. The summed E-state index contributed by atoms with van der Waals surface area (Å²) in [6.07, 6.45) is 1.63. The van der Waals surface area contributed by atoms with E-state index in [0.717, 1.165) is 5.57 Å². The highest BCUT2D eigenvalue weighted by molar-refractivity contribution is 6.09. The van der Waals surface area contributed by atoms with Crippen molar-refractivity contribution in [1.29, 1.82) is 0 Å². The van der Waals surface area contributed by atoms with E-state index in [1.807, 2.05) is 26.8 Å². The molecule has 8 unspecified atom stereocenters. The van der Waals surface area contributed by atoms with E-state index in [2.05, 4.69) is 13.8 Å². The second-order valence-electron chi connectivity index (χ2n) is 9.79. The SMILES string of the molecule is COC1=CC(C)C2CC3OC(O)CC4C(C)=C(OC)C(=O)C(C)(C2(C)C1=O)C34C. The number of carbonyl (C=O) groups is 2. The fourth-order valence-electron chi connectivity index (χ4n) is 7.33. The number of allylic oxidation sites excluding steroid dienone is 4. The number of Topliss-reactive ketones (excluding diaryl/α,β-unsaturated/α-hetero) is 2. The molecule has 4 aliphatic rings. The average molecular weight is 405 g/mol. The molecule has 0 spiro atoms. The lowest BCUT2D eigenvalue weighted by atomic mass is 9.33. The first-order valence-corrected chi connectivity index (χ1v) is 10.4. The zero-order chi connectivity index (χ0) is 21.5. The van der Waals surface area contributed by atoms with E-state index < -0.39 is 22.5 Å². The first kappa shape index (κ1) is 20.6. The molecule has 4 rings (SSSR count). The van der Waals surface area contributed by atoms with Gasteiger partial charge in [-0.1, -0.05) is 27.7 Å². The molecule has 6 nitrogen and oxygen atoms in total. The Morgan fingerprint density at radius 3 is 2.34 bits per heavy atom. The van der Waals surface area contributed by atoms with Crippen LogP contribution in [0.3, 0.4) is 0 Å². The number of fused-ring (bicyclic) bond motifs is 2. The predicted octanol–water partition coefficient (Wildman–Crippen LogP) is 3.00. The Balaban J connectivity index is 2.05. The number of carbonyl (C=O) groups excluding carboxylic acids is 2. The quantitative estimate of drug-likeness (QED) is 0.762. The van der Waals surface area contributed by atoms with Crippen molar-refractivity contribution in [2.24, 2.45) is 34.0 Å². The Labute approximate surface area is 172 Å². The fourth-order valence-corrected chi connectivity index (χ4v) is 7.33. The van der Waals surface area contributed by atoms with Crippen LogP contribution in [0.25, 0.3) is 0 Å². The molecule has 3 aliphatic carbocycles. The summed E-state index contributed by atoms with van der Waals surface area (Å²) in [6, 6.07) is 0. The summed E-state index contributed by atoms with van der Waals surface area (Å²) >= 11 is 0. The Bertz CT molecular complexity index is 842. The van der Waals surface area contributed by atoms with Gasteiger partial charge in [0.15, 0.2) is 17.8 Å². The summed E-state index contributed by atoms with van der Waals surface area (Å²) in [5.74, 6) is 0.172. The highest BCUT2D eigenvalue weighted by atomic mass is 16.6. The topological polar surface area (TPSA) is 82.1 Å². The summed E-state index contributed by atoms with van der Waals surface area (Å²) in [7, 11) is 3.01. The lowest BCUT2D eigenvalue weighted by molar-refractivity contribution is -0.295. The minimum Gasteiger partial charge on any atom is -0.493 e. The maximum Gasteiger partial charge on any atom is 0.204 e. The van der Waals surface area contributed by atoms with Gasteiger partial charge >= 0.3 is 0 Å². The Kier molecular flexibility index (Phi) is 4.39. The molecule has 1 saturated carbocycles. The molecule has 0 aromatic heterocycles. The second-order valence-corrected chi connectivity index (χ2v) is 9.79. The number of ketones is 2. The van der Waals surface area contributed by atoms with Crippen LogP contribution in [-0.2, 0) is 23.8 Å². The molecule has 8 atom stereocenters. The predicted molar refractivity (Wildman–Crippen MR) is 105 cm³/mol. The molecule has 0 radical (unpaired) electrons. The average Bonchev–Trinajstić information content (AvgIpc) is 2.67. The van der Waals surface area contributed by atoms with Gasteiger partial charge in [0.25, 0.3) is 0 Å². The van der Waals surface area contributed by atoms with Crippen LogP contribution in [0, 0.1) is 34.0 Å². The number of methoxy groups -OCH3 is 2. The zero-order valence-corrected chi connectivity index (χ0v) is 18.4. The number of rotatable bonds is 2. The standard InChI is InChI=1S/C23H32O6/c1-11-8-15(27-6)19(25)22(4)13(11)9-16-21(3)14(10-17(24)29-16)12(2)18(28-7)20(26)23(21,22)5/h8,11,13-14,16-17,24H,9-10H2,1-7H3. The van der Waals surface area contributed by atoms with Gasteiger partial charge in [-0.2, -0.15) is 0 Å². The van der Waals surface area contributed by atoms with Gasteiger partial charge in [0, 0.05) is 11.8 Å². The van der Waals surface area contributed by atoms with E-state index in [1.54, 1.807) is 0 Å². The number of aliphatic hydroxyl groups excluding tert-OH is 1. The molecular weight excluding hydrogens is 372 g/mol. The highest BCUT2D eigenvalue weighted by Crippen LogP contribution is 2.73. The summed E-state index contributed by atoms with van der Waals surface area (Å²) < 4.78 is 17.1. The minimum atomic E-state index is -1.06. The third-order valence-corrected chi connectivity index (χ3v) is 9.19. The van der Waals surface area contributed by atoms with Crippen LogP contribution < -0.4 is 0 Å². The van der Waals surface area contributed by atoms with Crippen molar-refractivity contribution in [1.82, 2.24) is 0 Å². The van der Waals surface area contributed by atoms with Crippen molar-refractivity contribution in [3.8, 4) is 0 Å². The van der Waals surface area contributed by atoms with Crippen molar-refractivity contribution in [2.45, 2.75) is 59.9 Å². The van der Waals surface area contributed by atoms with Gasteiger partial charge in [0.05, 0.1) is 31.2 Å². The van der Waals surface area contributed by atoms with Gasteiger partial charge in [-0.25, -0.2) is 0 Å². The Morgan fingerprint density at radius 1 is 1.10 bits per heavy atom. The van der Waals surface area contributed by atoms with Crippen molar-refractivity contribution >= 4 is 11.6 Å². The first-order chi connectivity index (χ1) is 13.5. The smallest absolute Gasteiger partial charge is 0.204 e. The van der Waals surface area contributed by atoms with Crippen LogP contribution in [0.15, 0.2) is 23.2 Å². The van der Waals surface area contributed by atoms with Gasteiger partial charge in [-0.15, -0.1) is 0 Å². The van der Waals surface area contributed by atoms with Gasteiger partial charge in [-0.3, -0.25) is 9.59 Å². The first-order valence-electron chi connectivity index (χ1n) is 10.4. The van der Waals surface area contributed by atoms with Gasteiger partial charge in [0.1, 0.15) is 0 Å². The molecule has 0 amide bonds. The molecule has 160 valence electrons. The molecule has 6 heteroatoms. The number of ether oxygens (including phenoxy) is 3. The molecule has 29 heavy (non-hydrogen) atoms. The summed E-state index contributed by atoms with van der Waals surface area (Å²) in [4.78, 5) is 27.8. The van der Waals surface area contributed by atoms with E-state index in [-0.39, 0.29) is 35.4 Å². The molecule has 1 N–H and O–H groups in total. The van der Waals surface area contributed by atoms with Crippen molar-refractivity contribution in [3.63, 3.8) is 0 Å². The van der Waals surface area contributed by atoms with E-state index >= 15 is 0 Å². The van der Waals surface area contributed by atoms with Crippen LogP contribution >= 0.6 is 0 Å². The van der Waals surface area contributed by atoms with Gasteiger partial charge in [0.2, 0.25) is 11.6 Å². The van der Waals surface area contributed by atoms with Crippen LogP contribution in [0.5, 0.6) is 0 Å². The van der Waals surface area contributed by atoms with E-state index in [0.29, 0.717) is 24.4 Å². The van der Waals surface area contributed by atoms with Crippen molar-refractivity contribution in [2.75, 3.05) is 14.2 Å². The number of hydrogen-bond acceptors (Lipinski definition) is 6. The molecule has 0 aromatic carbocycles. The second kappa shape index (κ2) is 6.17. The molecule has 2 fully saturated rings. The van der Waals surface area contributed by atoms with Crippen LogP contribution in [0.4, 0.5) is 0 Å². The maximum absolute atomic E-state index is 14.0. The monoisotopic (exact) mass is 404 g/mol. The molecular formula is C23H32O6. The largest absolute Gasteiger partial charge is 0.493 e. The normalized spacial score (nSPS) is 49.2. The summed E-state index contributed by atoms with van der Waals surface area (Å²) in [5.41, 5.74) is -1.84. The fraction of sp³-hybridized carbons (Fsp3) is 0.739. The zero-order valence-electron chi connectivity index (χ0n) is 18.4. The molecule has 1 heterocycles. The van der Waals surface area contributed by atoms with E-state index in [9.17, 15) is 14.7 Å². The highest BCUT2D eigenvalue weighted by Gasteiger charge is 2.77. The van der Waals surface area contributed by atoms with Crippen LogP contribution in [0.1, 0.15) is 47.5 Å². The molecule has 1 saturated heterocycles. The van der Waals surface area contributed by atoms with Gasteiger partial charge < -0.3 is 19.3 Å². The minimum absolute atomic E-state index is 0.0287. The lowest BCUT2D eigenvalue weighted by Crippen LogP contribution is -2.74. The van der Waals surface area contributed by atoms with E-state index in [1.165, 1.54) is 14.2 Å². The Morgan fingerprint density at radius 2 is 1.76 bits per heavy atom. The number of hydrogen-bond donors (Lipinski definition) is 1. The third-order valence-electron chi connectivity index (χ3n) is 9.19. The summed E-state index contributed by atoms with van der Waals surface area (Å²) in [5, 5.41) is 10.5.